The van der Waals surface area contributed by atoms with Crippen LogP contribution in [0, 0.1) is 25.2 Å². The van der Waals surface area contributed by atoms with Crippen molar-refractivity contribution in [2.24, 2.45) is 16.3 Å². The smallest absolute Gasteiger partial charge is 0.417 e. The van der Waals surface area contributed by atoms with Crippen LogP contribution in [0.25, 0.3) is 0 Å². The Morgan fingerprint density at radius 2 is 2.06 bits per heavy atom. The Morgan fingerprint density at radius 1 is 1.35 bits per heavy atom. The van der Waals surface area contributed by atoms with Gasteiger partial charge in [-0.25, -0.2) is 0 Å². The van der Waals surface area contributed by atoms with E-state index in [4.69, 9.17) is 11.6 Å². The van der Waals surface area contributed by atoms with Crippen LogP contribution >= 0.6 is 11.6 Å². The molecule has 4 atom stereocenters. The van der Waals surface area contributed by atoms with Gasteiger partial charge < -0.3 is 10.0 Å². The van der Waals surface area contributed by atoms with Gasteiger partial charge in [0.05, 0.1) is 28.1 Å². The maximum absolute atomic E-state index is 13.5. The zero-order valence-corrected chi connectivity index (χ0v) is 18.3. The topological polar surface area (TPSA) is 52.9 Å². The average Bonchev–Trinajstić information content (AvgIpc) is 3.43. The summed E-state index contributed by atoms with van der Waals surface area (Å²) in [4.78, 5) is 18.1. The Hall–Kier alpha value is -2.28. The second-order valence-corrected chi connectivity index (χ2v) is 9.15. The molecule has 166 valence electrons. The minimum absolute atomic E-state index is 0.0765. The number of allylic oxidation sites excluding steroid dienone is 2. The van der Waals surface area contributed by atoms with Gasteiger partial charge in [-0.3, -0.25) is 9.79 Å². The fraction of sp³-hybridized carbons (Fsp3) is 0.478. The summed E-state index contributed by atoms with van der Waals surface area (Å²) in [5, 5.41) is 9.66. The number of nitrogens with zero attached hydrogens (tertiary/aromatic N) is 2. The number of carboxylic acid groups (broad SMARTS) is 1. The SMILES string of the molecule is CCC1(C(=O)O)CC1C1CC(c2ccc(C)cc2C)N2C=C(C(F)(F)F)C=C(Cl)C2=N1. The van der Waals surface area contributed by atoms with Gasteiger partial charge in [0.25, 0.3) is 0 Å². The van der Waals surface area contributed by atoms with Crippen LogP contribution < -0.4 is 0 Å². The number of hydrogen-bond donors (Lipinski definition) is 1. The molecule has 2 heterocycles. The largest absolute Gasteiger partial charge is 0.481 e. The highest BCUT2D eigenvalue weighted by atomic mass is 35.5. The zero-order chi connectivity index (χ0) is 22.7. The Labute approximate surface area is 184 Å². The van der Waals surface area contributed by atoms with Crippen molar-refractivity contribution < 1.29 is 23.1 Å². The Morgan fingerprint density at radius 3 is 2.61 bits per heavy atom. The summed E-state index contributed by atoms with van der Waals surface area (Å²) >= 11 is 6.30. The molecule has 8 heteroatoms. The predicted octanol–water partition coefficient (Wildman–Crippen LogP) is 5.90. The van der Waals surface area contributed by atoms with E-state index in [0.29, 0.717) is 19.3 Å². The maximum Gasteiger partial charge on any atom is 0.417 e. The first-order valence-electron chi connectivity index (χ1n) is 10.3. The summed E-state index contributed by atoms with van der Waals surface area (Å²) in [6.45, 7) is 5.75. The van der Waals surface area contributed by atoms with Crippen molar-refractivity contribution in [2.75, 3.05) is 0 Å². The fourth-order valence-corrected chi connectivity index (χ4v) is 5.28. The maximum atomic E-state index is 13.5. The van der Waals surface area contributed by atoms with Gasteiger partial charge in [-0.15, -0.1) is 0 Å². The van der Waals surface area contributed by atoms with Crippen molar-refractivity contribution in [1.29, 1.82) is 0 Å². The van der Waals surface area contributed by atoms with Crippen LogP contribution in [-0.4, -0.2) is 34.0 Å². The second-order valence-electron chi connectivity index (χ2n) is 8.74. The standard InChI is InChI=1S/C23H24ClF3N2O2/c1-4-22(21(30)31)10-16(22)18-9-19(15-6-5-12(2)7-13(15)3)29-11-14(23(25,26)27)8-17(24)20(29)28-18/h5-8,11,16,18-19H,4,9-10H2,1-3H3,(H,30,31). The van der Waals surface area contributed by atoms with Crippen LogP contribution in [0.4, 0.5) is 13.2 Å². The number of rotatable bonds is 4. The molecule has 0 saturated heterocycles. The number of hydrogen-bond acceptors (Lipinski definition) is 3. The summed E-state index contributed by atoms with van der Waals surface area (Å²) in [5.74, 6) is -0.719. The number of carboxylic acids is 1. The molecule has 1 aromatic carbocycles. The molecule has 0 aromatic heterocycles. The lowest BCUT2D eigenvalue weighted by molar-refractivity contribution is -0.144. The molecule has 1 fully saturated rings. The van der Waals surface area contributed by atoms with Gasteiger partial charge in [0.1, 0.15) is 5.84 Å². The van der Waals surface area contributed by atoms with E-state index in [-0.39, 0.29) is 22.8 Å². The molecule has 4 unspecified atom stereocenters. The monoisotopic (exact) mass is 452 g/mol. The van der Waals surface area contributed by atoms with Crippen LogP contribution in [0.3, 0.4) is 0 Å². The number of carbonyl (C=O) groups is 1. The number of amidine groups is 1. The Balaban J connectivity index is 1.80. The molecular formula is C23H24ClF3N2O2. The minimum atomic E-state index is -4.54. The van der Waals surface area contributed by atoms with Crippen LogP contribution in [0.5, 0.6) is 0 Å². The van der Waals surface area contributed by atoms with E-state index in [1.165, 1.54) is 4.90 Å². The highest BCUT2D eigenvalue weighted by Crippen LogP contribution is 2.60. The van der Waals surface area contributed by atoms with E-state index < -0.39 is 29.2 Å². The summed E-state index contributed by atoms with van der Waals surface area (Å²) in [6, 6.07) is 5.12. The van der Waals surface area contributed by atoms with E-state index in [1.54, 1.807) is 0 Å². The first-order valence-corrected chi connectivity index (χ1v) is 10.7. The third-order valence-corrected chi connectivity index (χ3v) is 7.15. The van der Waals surface area contributed by atoms with Crippen molar-refractivity contribution >= 4 is 23.4 Å². The highest BCUT2D eigenvalue weighted by Gasteiger charge is 2.63. The van der Waals surface area contributed by atoms with Crippen molar-refractivity contribution in [2.45, 2.75) is 58.3 Å². The van der Waals surface area contributed by atoms with Gasteiger partial charge in [0.2, 0.25) is 0 Å². The fourth-order valence-electron chi connectivity index (χ4n) is 5.02. The van der Waals surface area contributed by atoms with Gasteiger partial charge in [-0.05, 0) is 56.2 Å². The number of benzene rings is 1. The lowest BCUT2D eigenvalue weighted by atomic mass is 9.87. The number of halogens is 4. The lowest BCUT2D eigenvalue weighted by Gasteiger charge is -2.41. The molecule has 1 N–H and O–H groups in total. The summed E-state index contributed by atoms with van der Waals surface area (Å²) in [5.41, 5.74) is 1.27. The quantitative estimate of drug-likeness (QED) is 0.618. The van der Waals surface area contributed by atoms with E-state index in [1.807, 2.05) is 39.0 Å². The van der Waals surface area contributed by atoms with Gasteiger partial charge in [-0.2, -0.15) is 13.2 Å². The van der Waals surface area contributed by atoms with Crippen molar-refractivity contribution in [1.82, 2.24) is 4.90 Å². The molecule has 1 saturated carbocycles. The van der Waals surface area contributed by atoms with Crippen molar-refractivity contribution in [3.8, 4) is 0 Å². The van der Waals surface area contributed by atoms with Crippen LogP contribution in [-0.2, 0) is 4.79 Å². The first kappa shape index (κ1) is 21.9. The number of alkyl halides is 3. The van der Waals surface area contributed by atoms with Gasteiger partial charge in [0.15, 0.2) is 0 Å². The van der Waals surface area contributed by atoms with Gasteiger partial charge in [-0.1, -0.05) is 42.3 Å². The molecule has 0 spiro atoms. The van der Waals surface area contributed by atoms with E-state index in [0.717, 1.165) is 29.0 Å². The third-order valence-electron chi connectivity index (χ3n) is 6.87. The van der Waals surface area contributed by atoms with Crippen LogP contribution in [0.2, 0.25) is 0 Å². The number of aliphatic imine (C=N–C) groups is 1. The molecule has 0 radical (unpaired) electrons. The number of fused-ring (bicyclic) bond motifs is 1. The molecule has 1 aliphatic carbocycles. The normalized spacial score (nSPS) is 30.2. The van der Waals surface area contributed by atoms with E-state index >= 15 is 0 Å². The highest BCUT2D eigenvalue weighted by molar-refractivity contribution is 6.43. The second kappa shape index (κ2) is 7.40. The summed E-state index contributed by atoms with van der Waals surface area (Å²) in [7, 11) is 0. The predicted molar refractivity (Wildman–Crippen MR) is 113 cm³/mol. The van der Waals surface area contributed by atoms with Crippen LogP contribution in [0.15, 0.2) is 46.1 Å². The Kier molecular flexibility index (Phi) is 5.23. The molecule has 0 amide bonds. The first-order chi connectivity index (χ1) is 14.5. The van der Waals surface area contributed by atoms with E-state index in [2.05, 4.69) is 4.99 Å². The lowest BCUT2D eigenvalue weighted by Crippen LogP contribution is -2.42. The number of aryl methyl sites for hydroxylation is 2. The van der Waals surface area contributed by atoms with Gasteiger partial charge in [0, 0.05) is 6.20 Å². The molecule has 3 aliphatic rings. The summed E-state index contributed by atoms with van der Waals surface area (Å²) < 4.78 is 40.4. The zero-order valence-electron chi connectivity index (χ0n) is 17.5. The molecule has 0 bridgehead atoms. The van der Waals surface area contributed by atoms with E-state index in [9.17, 15) is 23.1 Å². The van der Waals surface area contributed by atoms with Crippen LogP contribution in [0.1, 0.15) is 48.9 Å². The van der Waals surface area contributed by atoms with Gasteiger partial charge >= 0.3 is 12.1 Å². The molecule has 4 nitrogen and oxygen atoms in total. The van der Waals surface area contributed by atoms with Crippen molar-refractivity contribution in [3.63, 3.8) is 0 Å². The molecule has 1 aromatic rings. The molecule has 31 heavy (non-hydrogen) atoms. The number of aliphatic carboxylic acids is 1. The average molecular weight is 453 g/mol. The molecular weight excluding hydrogens is 429 g/mol. The molecule has 2 aliphatic heterocycles. The molecule has 4 rings (SSSR count). The van der Waals surface area contributed by atoms with Crippen molar-refractivity contribution in [3.05, 3.63) is 57.8 Å². The minimum Gasteiger partial charge on any atom is -0.481 e. The third kappa shape index (κ3) is 3.67. The Bertz CT molecular complexity index is 1030. The summed E-state index contributed by atoms with van der Waals surface area (Å²) in [6.07, 6.45) is -1.12.